The normalized spacial score (nSPS) is 10.6. The Bertz CT molecular complexity index is 580. The summed E-state index contributed by atoms with van der Waals surface area (Å²) in [5, 5.41) is 16.6. The van der Waals surface area contributed by atoms with E-state index in [1.165, 1.54) is 7.11 Å². The number of halogens is 1. The first-order valence-corrected chi connectivity index (χ1v) is 6.58. The van der Waals surface area contributed by atoms with Crippen molar-refractivity contribution in [2.75, 3.05) is 7.11 Å². The highest BCUT2D eigenvalue weighted by Crippen LogP contribution is 2.12. The average molecular weight is 373 g/mol. The van der Waals surface area contributed by atoms with Gasteiger partial charge >= 0.3 is 5.97 Å². The summed E-state index contributed by atoms with van der Waals surface area (Å²) in [6, 6.07) is 7.92. The Morgan fingerprint density at radius 1 is 1.42 bits per heavy atom. The van der Waals surface area contributed by atoms with Crippen molar-refractivity contribution < 1.29 is 14.6 Å². The number of carbonyl (C=O) groups is 1. The van der Waals surface area contributed by atoms with E-state index in [1.807, 2.05) is 24.3 Å². The molecule has 6 nitrogen and oxygen atoms in total. The molecule has 0 saturated heterocycles. The summed E-state index contributed by atoms with van der Waals surface area (Å²) in [4.78, 5) is 11.0. The van der Waals surface area contributed by atoms with Crippen molar-refractivity contribution in [1.29, 1.82) is 0 Å². The minimum absolute atomic E-state index is 0.0626. The zero-order valence-corrected chi connectivity index (χ0v) is 12.4. The number of hydrogen-bond acceptors (Lipinski definition) is 4. The Kier molecular flexibility index (Phi) is 4.48. The van der Waals surface area contributed by atoms with Crippen LogP contribution in [0.25, 0.3) is 0 Å². The maximum Gasteiger partial charge on any atom is 0.358 e. The van der Waals surface area contributed by atoms with Crippen LogP contribution >= 0.6 is 22.6 Å². The molecule has 0 spiro atoms. The van der Waals surface area contributed by atoms with E-state index in [4.69, 9.17) is 9.84 Å². The summed E-state index contributed by atoms with van der Waals surface area (Å²) in [7, 11) is 1.51. The first kappa shape index (κ1) is 13.9. The van der Waals surface area contributed by atoms with E-state index < -0.39 is 5.97 Å². The van der Waals surface area contributed by atoms with Crippen LogP contribution in [-0.2, 0) is 17.9 Å². The first-order chi connectivity index (χ1) is 9.11. The summed E-state index contributed by atoms with van der Waals surface area (Å²) >= 11 is 2.23. The Balaban J connectivity index is 2.29. The minimum Gasteiger partial charge on any atom is -0.476 e. The van der Waals surface area contributed by atoms with E-state index in [9.17, 15) is 4.79 Å². The molecule has 0 aliphatic rings. The molecule has 0 unspecified atom stereocenters. The van der Waals surface area contributed by atoms with Crippen molar-refractivity contribution in [2.45, 2.75) is 13.2 Å². The van der Waals surface area contributed by atoms with Gasteiger partial charge in [0.05, 0.1) is 18.8 Å². The Hall–Kier alpha value is -1.48. The molecule has 0 saturated carbocycles. The summed E-state index contributed by atoms with van der Waals surface area (Å²) in [5.74, 6) is -1.10. The summed E-state index contributed by atoms with van der Waals surface area (Å²) in [5.41, 5.74) is 1.43. The maximum absolute atomic E-state index is 11.0. The third-order valence-corrected chi connectivity index (χ3v) is 3.29. The molecule has 1 N–H and O–H groups in total. The largest absolute Gasteiger partial charge is 0.476 e. The van der Waals surface area contributed by atoms with Gasteiger partial charge in [-0.2, -0.15) is 0 Å². The van der Waals surface area contributed by atoms with Gasteiger partial charge in [0.1, 0.15) is 0 Å². The van der Waals surface area contributed by atoms with Crippen LogP contribution in [0.15, 0.2) is 24.3 Å². The van der Waals surface area contributed by atoms with Gasteiger partial charge in [0.25, 0.3) is 0 Å². The van der Waals surface area contributed by atoms with E-state index in [1.54, 1.807) is 4.68 Å². The van der Waals surface area contributed by atoms with Gasteiger partial charge in [-0.3, -0.25) is 0 Å². The molecule has 0 amide bonds. The zero-order chi connectivity index (χ0) is 13.8. The zero-order valence-electron chi connectivity index (χ0n) is 10.2. The summed E-state index contributed by atoms with van der Waals surface area (Å²) in [6.07, 6.45) is 0. The highest BCUT2D eigenvalue weighted by Gasteiger charge is 2.18. The van der Waals surface area contributed by atoms with Crippen LogP contribution in [0, 0.1) is 3.57 Å². The fourth-order valence-electron chi connectivity index (χ4n) is 1.67. The van der Waals surface area contributed by atoms with Crippen LogP contribution in [0.4, 0.5) is 0 Å². The lowest BCUT2D eigenvalue weighted by Crippen LogP contribution is -2.10. The molecular weight excluding hydrogens is 361 g/mol. The predicted octanol–water partition coefficient (Wildman–Crippen LogP) is 1.78. The minimum atomic E-state index is -1.10. The lowest BCUT2D eigenvalue weighted by atomic mass is 10.2. The number of methoxy groups -OCH3 is 1. The van der Waals surface area contributed by atoms with Gasteiger partial charge in [-0.05, 0) is 40.3 Å². The molecule has 0 fully saturated rings. The highest BCUT2D eigenvalue weighted by atomic mass is 127. The Morgan fingerprint density at radius 3 is 2.68 bits per heavy atom. The smallest absolute Gasteiger partial charge is 0.358 e. The maximum atomic E-state index is 11.0. The van der Waals surface area contributed by atoms with E-state index in [0.29, 0.717) is 12.2 Å². The van der Waals surface area contributed by atoms with Crippen LogP contribution in [0.1, 0.15) is 21.7 Å². The molecule has 1 heterocycles. The molecule has 0 atom stereocenters. The number of carboxylic acids is 1. The third-order valence-electron chi connectivity index (χ3n) is 2.57. The fraction of sp³-hybridized carbons (Fsp3) is 0.250. The quantitative estimate of drug-likeness (QED) is 0.809. The Labute approximate surface area is 123 Å². The SMILES string of the molecule is COCc1c(C(=O)O)nnn1Cc1ccc(I)cc1. The van der Waals surface area contributed by atoms with Gasteiger partial charge in [-0.15, -0.1) is 5.10 Å². The van der Waals surface area contributed by atoms with Crippen molar-refractivity contribution in [2.24, 2.45) is 0 Å². The number of hydrogen-bond donors (Lipinski definition) is 1. The van der Waals surface area contributed by atoms with Crippen LogP contribution in [0.3, 0.4) is 0 Å². The fourth-order valence-corrected chi connectivity index (χ4v) is 2.03. The van der Waals surface area contributed by atoms with Gasteiger partial charge in [-0.25, -0.2) is 9.48 Å². The van der Waals surface area contributed by atoms with E-state index in [2.05, 4.69) is 32.9 Å². The highest BCUT2D eigenvalue weighted by molar-refractivity contribution is 14.1. The molecule has 0 aliphatic carbocycles. The second kappa shape index (κ2) is 6.11. The molecule has 2 aromatic rings. The number of benzene rings is 1. The number of aromatic nitrogens is 3. The molecule has 0 bridgehead atoms. The molecule has 0 aliphatic heterocycles. The van der Waals surface area contributed by atoms with E-state index >= 15 is 0 Å². The van der Waals surface area contributed by atoms with Gasteiger partial charge in [0, 0.05) is 10.7 Å². The second-order valence-corrected chi connectivity index (χ2v) is 5.15. The molecular formula is C12H12IN3O3. The van der Waals surface area contributed by atoms with Gasteiger partial charge in [-0.1, -0.05) is 17.3 Å². The summed E-state index contributed by atoms with van der Waals surface area (Å²) in [6.45, 7) is 0.634. The standard InChI is InChI=1S/C12H12IN3O3/c1-19-7-10-11(12(17)18)14-15-16(10)6-8-2-4-9(13)5-3-8/h2-5H,6-7H2,1H3,(H,17,18). The van der Waals surface area contributed by atoms with Gasteiger partial charge < -0.3 is 9.84 Å². The number of rotatable bonds is 5. The number of nitrogens with zero attached hydrogens (tertiary/aromatic N) is 3. The van der Waals surface area contributed by atoms with Gasteiger partial charge in [0.15, 0.2) is 5.69 Å². The number of ether oxygens (including phenoxy) is 1. The summed E-state index contributed by atoms with van der Waals surface area (Å²) < 4.78 is 7.70. The van der Waals surface area contributed by atoms with Crippen molar-refractivity contribution in [3.63, 3.8) is 0 Å². The predicted molar refractivity (Wildman–Crippen MR) is 76.0 cm³/mol. The molecule has 19 heavy (non-hydrogen) atoms. The average Bonchev–Trinajstić information content (AvgIpc) is 2.76. The second-order valence-electron chi connectivity index (χ2n) is 3.91. The number of carboxylic acid groups (broad SMARTS) is 1. The van der Waals surface area contributed by atoms with Crippen molar-refractivity contribution >= 4 is 28.6 Å². The first-order valence-electron chi connectivity index (χ1n) is 5.51. The molecule has 2 rings (SSSR count). The third kappa shape index (κ3) is 3.29. The topological polar surface area (TPSA) is 77.2 Å². The number of aromatic carboxylic acids is 1. The van der Waals surface area contributed by atoms with Crippen LogP contribution < -0.4 is 0 Å². The lowest BCUT2D eigenvalue weighted by Gasteiger charge is -2.06. The Morgan fingerprint density at radius 2 is 2.11 bits per heavy atom. The molecule has 7 heteroatoms. The molecule has 0 radical (unpaired) electrons. The lowest BCUT2D eigenvalue weighted by molar-refractivity contribution is 0.0684. The van der Waals surface area contributed by atoms with Crippen LogP contribution in [0.2, 0.25) is 0 Å². The van der Waals surface area contributed by atoms with E-state index in [0.717, 1.165) is 9.13 Å². The van der Waals surface area contributed by atoms with Gasteiger partial charge in [0.2, 0.25) is 0 Å². The molecule has 1 aromatic carbocycles. The molecule has 100 valence electrons. The van der Waals surface area contributed by atoms with Crippen LogP contribution in [0.5, 0.6) is 0 Å². The van der Waals surface area contributed by atoms with E-state index in [-0.39, 0.29) is 12.3 Å². The van der Waals surface area contributed by atoms with Crippen molar-refractivity contribution in [1.82, 2.24) is 15.0 Å². The van der Waals surface area contributed by atoms with Crippen molar-refractivity contribution in [3.8, 4) is 0 Å². The molecule has 1 aromatic heterocycles. The van der Waals surface area contributed by atoms with Crippen molar-refractivity contribution in [3.05, 3.63) is 44.8 Å². The van der Waals surface area contributed by atoms with Crippen LogP contribution in [-0.4, -0.2) is 33.2 Å². The monoisotopic (exact) mass is 373 g/mol.